The summed E-state index contributed by atoms with van der Waals surface area (Å²) in [7, 11) is 0. The van der Waals surface area contributed by atoms with E-state index in [1.807, 2.05) is 25.1 Å². The molecule has 1 aliphatic rings. The Hall–Kier alpha value is -6.90. The van der Waals surface area contributed by atoms with Crippen molar-refractivity contribution in [2.24, 2.45) is 0 Å². The molecule has 0 heterocycles. The number of nitrogens with zero attached hydrogens (tertiary/aromatic N) is 1. The largest absolute Gasteiger partial charge is 0.397 e. The Morgan fingerprint density at radius 2 is 1.18 bits per heavy atom. The summed E-state index contributed by atoms with van der Waals surface area (Å²) in [5.41, 5.74) is 19.3. The second-order valence-corrected chi connectivity index (χ2v) is 14.6. The Kier molecular flexibility index (Phi) is 9.61. The van der Waals surface area contributed by atoms with Crippen molar-refractivity contribution in [2.75, 3.05) is 10.6 Å². The van der Waals surface area contributed by atoms with E-state index in [0.717, 1.165) is 29.9 Å². The van der Waals surface area contributed by atoms with Gasteiger partial charge in [-0.3, -0.25) is 0 Å². The van der Waals surface area contributed by atoms with Gasteiger partial charge in [0.05, 0.1) is 11.4 Å². The lowest BCUT2D eigenvalue weighted by atomic mass is 9.84. The molecule has 0 saturated carbocycles. The van der Waals surface area contributed by atoms with Gasteiger partial charge >= 0.3 is 0 Å². The first kappa shape index (κ1) is 34.8. The molecule has 0 unspecified atom stereocenters. The molecule has 0 saturated heterocycles. The maximum atomic E-state index is 6.51. The number of anilines is 3. The van der Waals surface area contributed by atoms with E-state index in [9.17, 15) is 0 Å². The monoisotopic (exact) mass is 720 g/mol. The number of hydrogen-bond donors (Lipinski definition) is 1. The molecule has 1 aliphatic carbocycles. The number of nitrogens with two attached hydrogens (primary N) is 1. The van der Waals surface area contributed by atoms with E-state index in [1.54, 1.807) is 0 Å². The summed E-state index contributed by atoms with van der Waals surface area (Å²) in [6.45, 7) is 2.75. The molecular formula is C54H44N2. The Labute approximate surface area is 329 Å². The van der Waals surface area contributed by atoms with Gasteiger partial charge in [0.1, 0.15) is 0 Å². The molecule has 270 valence electrons. The zero-order valence-corrected chi connectivity index (χ0v) is 31.7. The topological polar surface area (TPSA) is 29.3 Å². The zero-order valence-electron chi connectivity index (χ0n) is 31.7. The van der Waals surface area contributed by atoms with Gasteiger partial charge in [-0.15, -0.1) is 0 Å². The van der Waals surface area contributed by atoms with Crippen LogP contribution in [0, 0.1) is 0 Å². The number of rotatable bonds is 9. The molecular weight excluding hydrogens is 677 g/mol. The third-order valence-corrected chi connectivity index (χ3v) is 11.0. The zero-order chi connectivity index (χ0) is 37.8. The molecule has 56 heavy (non-hydrogen) atoms. The lowest BCUT2D eigenvalue weighted by molar-refractivity contribution is 0.977. The number of allylic oxidation sites excluding steroid dienone is 3. The fraction of sp³-hybridized carbons (Fsp3) is 0.0741. The first-order valence-electron chi connectivity index (χ1n) is 19.6. The predicted octanol–water partition coefficient (Wildman–Crippen LogP) is 12.9. The highest BCUT2D eigenvalue weighted by atomic mass is 15.1. The minimum atomic E-state index is 0.702. The van der Waals surface area contributed by atoms with Crippen molar-refractivity contribution in [1.82, 2.24) is 0 Å². The summed E-state index contributed by atoms with van der Waals surface area (Å²) >= 11 is 0. The highest BCUT2D eigenvalue weighted by molar-refractivity contribution is 6.08. The Bertz CT molecular complexity index is 2880. The van der Waals surface area contributed by atoms with Crippen LogP contribution in [-0.2, 0) is 6.54 Å². The first-order valence-corrected chi connectivity index (χ1v) is 19.6. The van der Waals surface area contributed by atoms with Crippen LogP contribution in [0.4, 0.5) is 17.1 Å². The van der Waals surface area contributed by atoms with Crippen molar-refractivity contribution >= 4 is 56.8 Å². The quantitative estimate of drug-likeness (QED) is 0.119. The molecule has 0 fully saturated rings. The fourth-order valence-corrected chi connectivity index (χ4v) is 8.24. The van der Waals surface area contributed by atoms with Gasteiger partial charge in [-0.2, -0.15) is 0 Å². The summed E-state index contributed by atoms with van der Waals surface area (Å²) in [6.07, 6.45) is 15.4. The van der Waals surface area contributed by atoms with Crippen LogP contribution < -0.4 is 21.1 Å². The van der Waals surface area contributed by atoms with E-state index in [4.69, 9.17) is 5.73 Å². The van der Waals surface area contributed by atoms with Crippen LogP contribution in [0.3, 0.4) is 0 Å². The molecule has 9 rings (SSSR count). The average Bonchev–Trinajstić information content (AvgIpc) is 3.25. The first-order chi connectivity index (χ1) is 27.6. The van der Waals surface area contributed by atoms with E-state index >= 15 is 0 Å². The third-order valence-electron chi connectivity index (χ3n) is 11.0. The molecule has 2 heteroatoms. The highest BCUT2D eigenvalue weighted by Crippen LogP contribution is 2.37. The highest BCUT2D eigenvalue weighted by Gasteiger charge is 2.18. The second-order valence-electron chi connectivity index (χ2n) is 14.6. The number of nitrogen functional groups attached to an aromatic ring is 1. The van der Waals surface area contributed by atoms with Gasteiger partial charge in [-0.1, -0.05) is 164 Å². The summed E-state index contributed by atoms with van der Waals surface area (Å²) in [5, 5.41) is 7.73. The van der Waals surface area contributed by atoms with Crippen LogP contribution in [0.2, 0.25) is 0 Å². The molecule has 0 radical (unpaired) electrons. The Morgan fingerprint density at radius 1 is 0.536 bits per heavy atom. The molecule has 0 aromatic heterocycles. The summed E-state index contributed by atoms with van der Waals surface area (Å²) in [6, 6.07) is 59.4. The van der Waals surface area contributed by atoms with Gasteiger partial charge < -0.3 is 10.6 Å². The van der Waals surface area contributed by atoms with E-state index in [1.165, 1.54) is 76.5 Å². The molecule has 0 aliphatic heterocycles. The van der Waals surface area contributed by atoms with Crippen LogP contribution in [-0.4, -0.2) is 0 Å². The van der Waals surface area contributed by atoms with E-state index < -0.39 is 0 Å². The molecule has 8 aromatic rings. The maximum Gasteiger partial charge on any atom is 0.0647 e. The van der Waals surface area contributed by atoms with Gasteiger partial charge in [0.15, 0.2) is 0 Å². The van der Waals surface area contributed by atoms with Crippen molar-refractivity contribution in [3.8, 4) is 33.4 Å². The van der Waals surface area contributed by atoms with E-state index in [2.05, 4.69) is 187 Å². The van der Waals surface area contributed by atoms with Crippen molar-refractivity contribution < 1.29 is 0 Å². The lowest BCUT2D eigenvalue weighted by Crippen LogP contribution is -2.31. The summed E-state index contributed by atoms with van der Waals surface area (Å²) < 4.78 is 0. The number of fused-ring (bicyclic) bond motifs is 3. The average molecular weight is 721 g/mol. The van der Waals surface area contributed by atoms with Gasteiger partial charge in [-0.25, -0.2) is 0 Å². The second kappa shape index (κ2) is 15.5. The Balaban J connectivity index is 1.18. The van der Waals surface area contributed by atoms with Crippen LogP contribution in [0.1, 0.15) is 30.9 Å². The number of hydrogen-bond acceptors (Lipinski definition) is 2. The third kappa shape index (κ3) is 6.83. The fourth-order valence-electron chi connectivity index (χ4n) is 8.24. The molecule has 0 amide bonds. The van der Waals surface area contributed by atoms with E-state index in [-0.39, 0.29) is 0 Å². The maximum absolute atomic E-state index is 6.51. The van der Waals surface area contributed by atoms with Crippen LogP contribution in [0.5, 0.6) is 0 Å². The summed E-state index contributed by atoms with van der Waals surface area (Å²) in [5.74, 6) is 0. The van der Waals surface area contributed by atoms with Crippen molar-refractivity contribution in [3.63, 3.8) is 0 Å². The van der Waals surface area contributed by atoms with Crippen LogP contribution in [0.15, 0.2) is 182 Å². The molecule has 0 atom stereocenters. The predicted molar refractivity (Wildman–Crippen MR) is 242 cm³/mol. The normalized spacial score (nSPS) is 12.5. The van der Waals surface area contributed by atoms with Crippen LogP contribution >= 0.6 is 0 Å². The molecule has 2 nitrogen and oxygen atoms in total. The van der Waals surface area contributed by atoms with Crippen molar-refractivity contribution in [2.45, 2.75) is 26.3 Å². The lowest BCUT2D eigenvalue weighted by Gasteiger charge is -2.26. The SMILES string of the molecule is C/C=C\C=C/c1ccc(-c2c3c(c(-c4ccc5ccccc5c4)c4ccc(-c5ccc(CN(c6ccccc6)c6ccccc6N)cc5)cc24)=CCCC=3)cc1. The van der Waals surface area contributed by atoms with Gasteiger partial charge in [-0.05, 0) is 133 Å². The summed E-state index contributed by atoms with van der Waals surface area (Å²) in [4.78, 5) is 2.29. The van der Waals surface area contributed by atoms with Gasteiger partial charge in [0.2, 0.25) is 0 Å². The number of benzene rings is 8. The van der Waals surface area contributed by atoms with Crippen molar-refractivity contribution in [3.05, 3.63) is 204 Å². The smallest absolute Gasteiger partial charge is 0.0647 e. The van der Waals surface area contributed by atoms with Gasteiger partial charge in [0.25, 0.3) is 0 Å². The van der Waals surface area contributed by atoms with Gasteiger partial charge in [0, 0.05) is 12.2 Å². The molecule has 0 bridgehead atoms. The molecule has 2 N–H and O–H groups in total. The van der Waals surface area contributed by atoms with E-state index in [0.29, 0.717) is 6.54 Å². The number of para-hydroxylation sites is 3. The molecule has 0 spiro atoms. The van der Waals surface area contributed by atoms with Crippen LogP contribution in [0.25, 0.3) is 73.2 Å². The minimum absolute atomic E-state index is 0.702. The minimum Gasteiger partial charge on any atom is -0.397 e. The Morgan fingerprint density at radius 3 is 1.93 bits per heavy atom. The standard InChI is InChI=1S/C54H44N2/c1-2-3-5-14-38-23-29-42(30-24-38)53-47-19-10-11-20-48(47)54(45-32-31-40-15-8-9-16-43(40)35-45)49-34-33-44(36-50(49)53)41-27-25-39(26-28-41)37-56(46-17-6-4-7-18-46)52-22-13-12-21-51(52)55/h2-9,12-36H,10-11,37,55H2,1H3/b3-2-,14-5-. The molecule has 8 aromatic carbocycles. The van der Waals surface area contributed by atoms with Crippen molar-refractivity contribution in [1.29, 1.82) is 0 Å².